The largest absolute Gasteiger partial charge is 0.397 e. The van der Waals surface area contributed by atoms with Gasteiger partial charge in [0.05, 0.1) is 59.4 Å². The number of hydrogen-bond acceptors (Lipinski definition) is 8. The van der Waals surface area contributed by atoms with Crippen LogP contribution in [0.2, 0.25) is 0 Å². The van der Waals surface area contributed by atoms with Crippen LogP contribution in [0, 0.1) is 11.8 Å². The fraction of sp³-hybridized carbons (Fsp3) is 0.643. The zero-order valence-electron chi connectivity index (χ0n) is 22.5. The van der Waals surface area contributed by atoms with E-state index in [1.54, 1.807) is 24.8 Å². The number of nitrogen functional groups attached to an aromatic ring is 2. The Morgan fingerprint density at radius 1 is 0.778 bits per heavy atom. The summed E-state index contributed by atoms with van der Waals surface area (Å²) < 4.78 is 11.9. The summed E-state index contributed by atoms with van der Waals surface area (Å²) in [5, 5.41) is 21.2. The molecule has 4 heterocycles. The Bertz CT molecular complexity index is 900. The molecule has 2 fully saturated rings. The summed E-state index contributed by atoms with van der Waals surface area (Å²) in [5.41, 5.74) is 13.7. The van der Waals surface area contributed by atoms with Crippen LogP contribution in [0.15, 0.2) is 36.9 Å². The van der Waals surface area contributed by atoms with E-state index in [1.165, 1.54) is 0 Å². The third-order valence-electron chi connectivity index (χ3n) is 8.59. The molecule has 2 saturated heterocycles. The summed E-state index contributed by atoms with van der Waals surface area (Å²) in [4.78, 5) is 7.99. The van der Waals surface area contributed by atoms with Gasteiger partial charge < -0.3 is 31.2 Å². The molecule has 0 bridgehead atoms. The van der Waals surface area contributed by atoms with E-state index in [1.807, 2.05) is 39.8 Å². The Kier molecular flexibility index (Phi) is 8.98. The monoisotopic (exact) mass is 500 g/mol. The molecule has 2 aliphatic heterocycles. The minimum absolute atomic E-state index is 0.0511. The van der Waals surface area contributed by atoms with E-state index in [9.17, 15) is 10.2 Å². The molecule has 8 nitrogen and oxygen atoms in total. The molecule has 8 heteroatoms. The van der Waals surface area contributed by atoms with E-state index in [2.05, 4.69) is 23.8 Å². The van der Waals surface area contributed by atoms with Gasteiger partial charge >= 0.3 is 0 Å². The summed E-state index contributed by atoms with van der Waals surface area (Å²) in [6, 6.07) is 3.80. The van der Waals surface area contributed by atoms with Crippen molar-refractivity contribution in [2.24, 2.45) is 11.8 Å². The number of pyridine rings is 2. The first-order chi connectivity index (χ1) is 17.0. The molecule has 6 N–H and O–H groups in total. The van der Waals surface area contributed by atoms with Gasteiger partial charge in [0.1, 0.15) is 0 Å². The number of nitrogens with zero attached hydrogens (tertiary/aromatic N) is 2. The third-order valence-corrected chi connectivity index (χ3v) is 8.59. The van der Waals surface area contributed by atoms with Crippen LogP contribution in [0.1, 0.15) is 90.6 Å². The van der Waals surface area contributed by atoms with Crippen LogP contribution in [0.4, 0.5) is 11.4 Å². The number of ether oxygens (including phenoxy) is 2. The predicted molar refractivity (Wildman–Crippen MR) is 142 cm³/mol. The molecule has 2 aromatic heterocycles. The van der Waals surface area contributed by atoms with Crippen LogP contribution in [-0.4, -0.2) is 43.6 Å². The van der Waals surface area contributed by atoms with E-state index in [4.69, 9.17) is 20.9 Å². The average molecular weight is 501 g/mol. The van der Waals surface area contributed by atoms with E-state index in [0.717, 1.165) is 24.0 Å². The number of aromatic nitrogens is 2. The SMILES string of the molecule is CC[C@]1(O)[C@H](C)C[C@H](c2ccncc2N)O[C@@H]1C.CC[C@]1(O)[C@H](C)OC(c2ccncc2N)C[C@@H]1C. The number of nitrogens with two attached hydrogens (primary N) is 2. The number of hydrogen-bond donors (Lipinski definition) is 4. The van der Waals surface area contributed by atoms with Crippen molar-refractivity contribution < 1.29 is 19.7 Å². The van der Waals surface area contributed by atoms with Gasteiger partial charge in [0.25, 0.3) is 0 Å². The van der Waals surface area contributed by atoms with E-state index >= 15 is 0 Å². The highest BCUT2D eigenvalue weighted by atomic mass is 16.5. The Labute approximate surface area is 215 Å². The minimum Gasteiger partial charge on any atom is -0.397 e. The number of aliphatic hydroxyl groups is 2. The Morgan fingerprint density at radius 2 is 1.14 bits per heavy atom. The topological polar surface area (TPSA) is 137 Å². The molecule has 0 aliphatic carbocycles. The molecule has 2 aromatic rings. The summed E-state index contributed by atoms with van der Waals surface area (Å²) in [5.74, 6) is 0.368. The smallest absolute Gasteiger partial charge is 0.0929 e. The molecule has 0 aromatic carbocycles. The summed E-state index contributed by atoms with van der Waals surface area (Å²) in [6.45, 7) is 12.0. The van der Waals surface area contributed by atoms with Crippen LogP contribution in [0.3, 0.4) is 0 Å². The van der Waals surface area contributed by atoms with Gasteiger partial charge in [-0.1, -0.05) is 27.7 Å². The maximum absolute atomic E-state index is 10.6. The molecular formula is C28H44N4O4. The molecule has 0 saturated carbocycles. The van der Waals surface area contributed by atoms with Gasteiger partial charge in [-0.3, -0.25) is 9.97 Å². The highest BCUT2D eigenvalue weighted by Crippen LogP contribution is 2.44. The van der Waals surface area contributed by atoms with E-state index in [0.29, 0.717) is 24.2 Å². The molecule has 200 valence electrons. The van der Waals surface area contributed by atoms with Crippen molar-refractivity contribution >= 4 is 11.4 Å². The second kappa shape index (κ2) is 11.4. The van der Waals surface area contributed by atoms with Crippen molar-refractivity contribution in [1.29, 1.82) is 0 Å². The first-order valence-electron chi connectivity index (χ1n) is 13.1. The van der Waals surface area contributed by atoms with Crippen molar-refractivity contribution in [3.8, 4) is 0 Å². The highest BCUT2D eigenvalue weighted by molar-refractivity contribution is 5.46. The molecule has 0 amide bonds. The van der Waals surface area contributed by atoms with Crippen LogP contribution in [0.25, 0.3) is 0 Å². The fourth-order valence-electron chi connectivity index (χ4n) is 5.78. The fourth-order valence-corrected chi connectivity index (χ4v) is 5.78. The molecule has 2 aliphatic rings. The van der Waals surface area contributed by atoms with E-state index in [-0.39, 0.29) is 36.3 Å². The third kappa shape index (κ3) is 5.52. The van der Waals surface area contributed by atoms with Gasteiger partial charge in [0, 0.05) is 23.5 Å². The first kappa shape index (κ1) is 28.3. The Morgan fingerprint density at radius 3 is 1.42 bits per heavy atom. The molecular weight excluding hydrogens is 456 g/mol. The van der Waals surface area contributed by atoms with Crippen molar-refractivity contribution in [2.45, 2.75) is 103 Å². The van der Waals surface area contributed by atoms with Crippen LogP contribution in [0.5, 0.6) is 0 Å². The lowest BCUT2D eigenvalue weighted by Gasteiger charge is -2.46. The van der Waals surface area contributed by atoms with Crippen molar-refractivity contribution in [3.63, 3.8) is 0 Å². The van der Waals surface area contributed by atoms with Crippen LogP contribution in [-0.2, 0) is 9.47 Å². The predicted octanol–water partition coefficient (Wildman–Crippen LogP) is 4.58. The molecule has 4 rings (SSSR count). The second-order valence-corrected chi connectivity index (χ2v) is 10.5. The summed E-state index contributed by atoms with van der Waals surface area (Å²) in [7, 11) is 0. The minimum atomic E-state index is -0.738. The van der Waals surface area contributed by atoms with Gasteiger partial charge in [-0.15, -0.1) is 0 Å². The molecule has 8 atom stereocenters. The molecule has 1 unspecified atom stereocenters. The quantitative estimate of drug-likeness (QED) is 0.479. The van der Waals surface area contributed by atoms with Crippen molar-refractivity contribution in [3.05, 3.63) is 48.0 Å². The lowest BCUT2D eigenvalue weighted by atomic mass is 9.76. The van der Waals surface area contributed by atoms with Gasteiger partial charge in [0.15, 0.2) is 0 Å². The normalized spacial score (nSPS) is 36.6. The second-order valence-electron chi connectivity index (χ2n) is 10.5. The lowest BCUT2D eigenvalue weighted by molar-refractivity contribution is -0.198. The highest BCUT2D eigenvalue weighted by Gasteiger charge is 2.46. The molecule has 0 radical (unpaired) electrons. The lowest BCUT2D eigenvalue weighted by Crippen LogP contribution is -2.51. The van der Waals surface area contributed by atoms with Gasteiger partial charge in [-0.2, -0.15) is 0 Å². The zero-order chi connectivity index (χ0) is 26.7. The maximum atomic E-state index is 10.6. The van der Waals surface area contributed by atoms with Crippen molar-refractivity contribution in [1.82, 2.24) is 9.97 Å². The summed E-state index contributed by atoms with van der Waals surface area (Å²) in [6.07, 6.45) is 9.23. The van der Waals surface area contributed by atoms with E-state index < -0.39 is 11.2 Å². The first-order valence-corrected chi connectivity index (χ1v) is 13.1. The summed E-state index contributed by atoms with van der Waals surface area (Å²) >= 11 is 0. The maximum Gasteiger partial charge on any atom is 0.0929 e. The Hall–Kier alpha value is -2.26. The van der Waals surface area contributed by atoms with Gasteiger partial charge in [0.2, 0.25) is 0 Å². The number of rotatable bonds is 4. The van der Waals surface area contributed by atoms with Gasteiger partial charge in [-0.05, 0) is 63.5 Å². The zero-order valence-corrected chi connectivity index (χ0v) is 22.5. The average Bonchev–Trinajstić information content (AvgIpc) is 2.86. The van der Waals surface area contributed by atoms with Crippen molar-refractivity contribution in [2.75, 3.05) is 11.5 Å². The Balaban J connectivity index is 0.000000201. The van der Waals surface area contributed by atoms with Crippen LogP contribution >= 0.6 is 0 Å². The standard InChI is InChI=1S/2C14H22N2O2/c2*1-4-14(17)9(2)7-13(18-10(14)3)11-5-6-16-8-12(11)15/h2*5-6,8-10,13,17H,4,7,15H2,1-3H3/t9-,10-,13?,14+;9-,10-,13-,14+/m01/s1. The molecule has 0 spiro atoms. The molecule has 36 heavy (non-hydrogen) atoms. The number of anilines is 2. The van der Waals surface area contributed by atoms with Crippen LogP contribution < -0.4 is 11.5 Å². The van der Waals surface area contributed by atoms with Gasteiger partial charge in [-0.25, -0.2) is 0 Å².